The summed E-state index contributed by atoms with van der Waals surface area (Å²) in [7, 11) is 0. The molecule has 0 spiro atoms. The minimum absolute atomic E-state index is 0.243. The van der Waals surface area contributed by atoms with Gasteiger partial charge in [0.2, 0.25) is 0 Å². The van der Waals surface area contributed by atoms with Gasteiger partial charge in [-0.15, -0.1) is 0 Å². The molecule has 0 amide bonds. The minimum Gasteiger partial charge on any atom is -0.384 e. The summed E-state index contributed by atoms with van der Waals surface area (Å²) < 4.78 is 0. The first-order chi connectivity index (χ1) is 8.46. The molecular weight excluding hydrogens is 224 g/mol. The second-order valence-electron chi connectivity index (χ2n) is 6.17. The van der Waals surface area contributed by atoms with E-state index in [4.69, 9.17) is 5.73 Å². The lowest BCUT2D eigenvalue weighted by atomic mass is 9.71. The zero-order valence-electron chi connectivity index (χ0n) is 11.3. The number of anilines is 1. The molecule has 2 N–H and O–H groups in total. The summed E-state index contributed by atoms with van der Waals surface area (Å²) in [5.74, 6) is 1.09. The van der Waals surface area contributed by atoms with Crippen LogP contribution in [0.5, 0.6) is 0 Å². The Labute approximate surface area is 109 Å². The molecule has 0 atom stereocenters. The monoisotopic (exact) mass is 246 g/mol. The third-order valence-corrected chi connectivity index (χ3v) is 4.02. The van der Waals surface area contributed by atoms with E-state index in [-0.39, 0.29) is 5.92 Å². The van der Waals surface area contributed by atoms with Crippen LogP contribution < -0.4 is 5.73 Å². The summed E-state index contributed by atoms with van der Waals surface area (Å²) in [4.78, 5) is 16.2. The van der Waals surface area contributed by atoms with Crippen molar-refractivity contribution < 1.29 is 4.79 Å². The molecule has 1 heterocycles. The third kappa shape index (κ3) is 3.31. The number of ketones is 1. The SMILES string of the molecule is CC1(C)CCC(C(=O)Cc2ccnc(N)c2)CC1. The molecular formula is C15H22N2O. The predicted molar refractivity (Wildman–Crippen MR) is 73.1 cm³/mol. The maximum absolute atomic E-state index is 12.2. The summed E-state index contributed by atoms with van der Waals surface area (Å²) in [5.41, 5.74) is 7.02. The Hall–Kier alpha value is -1.38. The number of nitrogens with two attached hydrogens (primary N) is 1. The van der Waals surface area contributed by atoms with Crippen molar-refractivity contribution >= 4 is 11.6 Å². The van der Waals surface area contributed by atoms with Crippen molar-refractivity contribution in [3.63, 3.8) is 0 Å². The van der Waals surface area contributed by atoms with Crippen molar-refractivity contribution in [1.29, 1.82) is 0 Å². The van der Waals surface area contributed by atoms with E-state index in [1.807, 2.05) is 6.07 Å². The molecule has 1 aliphatic rings. The van der Waals surface area contributed by atoms with E-state index < -0.39 is 0 Å². The zero-order valence-corrected chi connectivity index (χ0v) is 11.3. The molecule has 0 aliphatic heterocycles. The third-order valence-electron chi connectivity index (χ3n) is 4.02. The fourth-order valence-electron chi connectivity index (χ4n) is 2.67. The maximum Gasteiger partial charge on any atom is 0.140 e. The first-order valence-electron chi connectivity index (χ1n) is 6.69. The second-order valence-corrected chi connectivity index (χ2v) is 6.17. The molecule has 3 heteroatoms. The Balaban J connectivity index is 1.93. The van der Waals surface area contributed by atoms with E-state index >= 15 is 0 Å². The van der Waals surface area contributed by atoms with Crippen LogP contribution in [0.1, 0.15) is 45.1 Å². The van der Waals surface area contributed by atoms with Gasteiger partial charge < -0.3 is 5.73 Å². The molecule has 1 aliphatic carbocycles. The van der Waals surface area contributed by atoms with Crippen LogP contribution in [0, 0.1) is 11.3 Å². The Morgan fingerprint density at radius 1 is 1.44 bits per heavy atom. The number of nitrogens with zero attached hydrogens (tertiary/aromatic N) is 1. The summed E-state index contributed by atoms with van der Waals surface area (Å²) in [5, 5.41) is 0. The molecule has 2 rings (SSSR count). The van der Waals surface area contributed by atoms with Gasteiger partial charge in [0.15, 0.2) is 0 Å². The first-order valence-corrected chi connectivity index (χ1v) is 6.69. The first kappa shape index (κ1) is 13.1. The molecule has 0 bridgehead atoms. The average molecular weight is 246 g/mol. The molecule has 1 fully saturated rings. The topological polar surface area (TPSA) is 56.0 Å². The number of nitrogen functional groups attached to an aromatic ring is 1. The molecule has 0 unspecified atom stereocenters. The summed E-state index contributed by atoms with van der Waals surface area (Å²) >= 11 is 0. The normalized spacial score (nSPS) is 19.7. The zero-order chi connectivity index (χ0) is 13.2. The van der Waals surface area contributed by atoms with Crippen molar-refractivity contribution in [3.05, 3.63) is 23.9 Å². The van der Waals surface area contributed by atoms with E-state index in [1.54, 1.807) is 12.3 Å². The van der Waals surface area contributed by atoms with Gasteiger partial charge in [-0.05, 0) is 48.8 Å². The lowest BCUT2D eigenvalue weighted by molar-refractivity contribution is -0.123. The summed E-state index contributed by atoms with van der Waals surface area (Å²) in [6.45, 7) is 4.58. The van der Waals surface area contributed by atoms with Gasteiger partial charge in [0, 0.05) is 18.5 Å². The molecule has 98 valence electrons. The van der Waals surface area contributed by atoms with Gasteiger partial charge in [0.1, 0.15) is 11.6 Å². The fourth-order valence-corrected chi connectivity index (χ4v) is 2.67. The molecule has 3 nitrogen and oxygen atoms in total. The molecule has 0 aromatic carbocycles. The lowest BCUT2D eigenvalue weighted by Crippen LogP contribution is -2.27. The fraction of sp³-hybridized carbons (Fsp3) is 0.600. The number of hydrogen-bond donors (Lipinski definition) is 1. The number of pyridine rings is 1. The van der Waals surface area contributed by atoms with Gasteiger partial charge in [-0.3, -0.25) is 4.79 Å². The van der Waals surface area contributed by atoms with Crippen LogP contribution in [0.15, 0.2) is 18.3 Å². The number of hydrogen-bond acceptors (Lipinski definition) is 3. The molecule has 1 aromatic rings. The number of Topliss-reactive ketones (excluding diaryl/α,β-unsaturated/α-hetero) is 1. The highest BCUT2D eigenvalue weighted by Crippen LogP contribution is 2.38. The van der Waals surface area contributed by atoms with Gasteiger partial charge in [-0.2, -0.15) is 0 Å². The van der Waals surface area contributed by atoms with E-state index in [9.17, 15) is 4.79 Å². The second kappa shape index (κ2) is 5.09. The largest absolute Gasteiger partial charge is 0.384 e. The maximum atomic E-state index is 12.2. The van der Waals surface area contributed by atoms with E-state index in [1.165, 1.54) is 0 Å². The number of carbonyl (C=O) groups is 1. The number of carbonyl (C=O) groups excluding carboxylic acids is 1. The van der Waals surface area contributed by atoms with Gasteiger partial charge in [0.05, 0.1) is 0 Å². The highest BCUT2D eigenvalue weighted by atomic mass is 16.1. The average Bonchev–Trinajstić information content (AvgIpc) is 2.28. The quantitative estimate of drug-likeness (QED) is 0.892. The lowest BCUT2D eigenvalue weighted by Gasteiger charge is -2.33. The number of aromatic nitrogens is 1. The van der Waals surface area contributed by atoms with Crippen LogP contribution in [0.4, 0.5) is 5.82 Å². The molecule has 18 heavy (non-hydrogen) atoms. The highest BCUT2D eigenvalue weighted by Gasteiger charge is 2.30. The van der Waals surface area contributed by atoms with Crippen LogP contribution in [-0.2, 0) is 11.2 Å². The Bertz CT molecular complexity index is 430. The van der Waals surface area contributed by atoms with Crippen molar-refractivity contribution in [2.75, 3.05) is 5.73 Å². The van der Waals surface area contributed by atoms with Gasteiger partial charge in [-0.1, -0.05) is 13.8 Å². The van der Waals surface area contributed by atoms with Crippen LogP contribution >= 0.6 is 0 Å². The molecule has 1 aromatic heterocycles. The molecule has 1 saturated carbocycles. The van der Waals surface area contributed by atoms with E-state index in [2.05, 4.69) is 18.8 Å². The standard InChI is InChI=1S/C15H22N2O/c1-15(2)6-3-12(4-7-15)13(18)9-11-5-8-17-14(16)10-11/h5,8,10,12H,3-4,6-7,9H2,1-2H3,(H2,16,17). The van der Waals surface area contributed by atoms with Crippen molar-refractivity contribution in [2.24, 2.45) is 11.3 Å². The van der Waals surface area contributed by atoms with E-state index in [0.717, 1.165) is 31.2 Å². The Morgan fingerprint density at radius 3 is 2.72 bits per heavy atom. The van der Waals surface area contributed by atoms with Crippen LogP contribution in [0.25, 0.3) is 0 Å². The predicted octanol–water partition coefficient (Wildman–Crippen LogP) is 2.99. The smallest absolute Gasteiger partial charge is 0.140 e. The molecule has 0 radical (unpaired) electrons. The van der Waals surface area contributed by atoms with Gasteiger partial charge in [0.25, 0.3) is 0 Å². The van der Waals surface area contributed by atoms with Gasteiger partial charge in [-0.25, -0.2) is 4.98 Å². The Morgan fingerprint density at radius 2 is 2.11 bits per heavy atom. The number of rotatable bonds is 3. The van der Waals surface area contributed by atoms with Crippen LogP contribution in [0.2, 0.25) is 0 Å². The minimum atomic E-state index is 0.243. The van der Waals surface area contributed by atoms with Gasteiger partial charge >= 0.3 is 0 Å². The Kier molecular flexibility index (Phi) is 3.69. The summed E-state index contributed by atoms with van der Waals surface area (Å²) in [6.07, 6.45) is 6.54. The van der Waals surface area contributed by atoms with Crippen molar-refractivity contribution in [3.8, 4) is 0 Å². The van der Waals surface area contributed by atoms with Crippen LogP contribution in [-0.4, -0.2) is 10.8 Å². The molecule has 0 saturated heterocycles. The van der Waals surface area contributed by atoms with Crippen molar-refractivity contribution in [2.45, 2.75) is 46.0 Å². The van der Waals surface area contributed by atoms with Crippen molar-refractivity contribution in [1.82, 2.24) is 4.98 Å². The summed E-state index contributed by atoms with van der Waals surface area (Å²) in [6, 6.07) is 3.67. The van der Waals surface area contributed by atoms with Crippen LogP contribution in [0.3, 0.4) is 0 Å². The van der Waals surface area contributed by atoms with E-state index in [0.29, 0.717) is 23.4 Å². The highest BCUT2D eigenvalue weighted by molar-refractivity contribution is 5.83.